The zero-order chi connectivity index (χ0) is 14.3. The first-order chi connectivity index (χ1) is 9.06. The van der Waals surface area contributed by atoms with E-state index in [0.717, 1.165) is 24.2 Å². The summed E-state index contributed by atoms with van der Waals surface area (Å²) >= 11 is 4.94. The quantitative estimate of drug-likeness (QED) is 0.748. The van der Waals surface area contributed by atoms with Gasteiger partial charge in [-0.05, 0) is 24.1 Å². The fourth-order valence-electron chi connectivity index (χ4n) is 1.75. The Morgan fingerprint density at radius 1 is 1.42 bits per heavy atom. The molecule has 1 amide bonds. The third-order valence-electron chi connectivity index (χ3n) is 2.78. The van der Waals surface area contributed by atoms with Gasteiger partial charge in [-0.2, -0.15) is 0 Å². The number of nitrogens with one attached hydrogen (secondary N) is 1. The summed E-state index contributed by atoms with van der Waals surface area (Å²) < 4.78 is 5.07. The van der Waals surface area contributed by atoms with Gasteiger partial charge in [-0.25, -0.2) is 0 Å². The van der Waals surface area contributed by atoms with E-state index in [1.807, 2.05) is 31.2 Å². The number of carbonyl (C=O) groups excluding carboxylic acids is 1. The van der Waals surface area contributed by atoms with Gasteiger partial charge in [-0.3, -0.25) is 4.79 Å². The molecule has 4 nitrogen and oxygen atoms in total. The highest BCUT2D eigenvalue weighted by atomic mass is 32.1. The molecule has 0 saturated carbocycles. The topological polar surface area (TPSA) is 64.3 Å². The molecule has 0 radical (unpaired) electrons. The molecule has 0 spiro atoms. The van der Waals surface area contributed by atoms with Gasteiger partial charge < -0.3 is 15.8 Å². The number of rotatable bonds is 7. The van der Waals surface area contributed by atoms with Crippen LogP contribution in [0.15, 0.2) is 24.3 Å². The molecule has 3 N–H and O–H groups in total. The maximum absolute atomic E-state index is 11.9. The first-order valence-electron chi connectivity index (χ1n) is 6.28. The van der Waals surface area contributed by atoms with Crippen LogP contribution in [0.25, 0.3) is 0 Å². The molecule has 5 heteroatoms. The van der Waals surface area contributed by atoms with E-state index in [0.29, 0.717) is 11.4 Å². The van der Waals surface area contributed by atoms with Crippen molar-refractivity contribution in [3.8, 4) is 5.75 Å². The first kappa shape index (κ1) is 15.4. The zero-order valence-corrected chi connectivity index (χ0v) is 12.1. The number of thiocarbonyl (C=S) groups is 1. The maximum atomic E-state index is 11.9. The van der Waals surface area contributed by atoms with Crippen molar-refractivity contribution in [2.75, 3.05) is 7.11 Å². The van der Waals surface area contributed by atoms with Crippen LogP contribution in [0.4, 0.5) is 0 Å². The molecule has 0 aliphatic heterocycles. The summed E-state index contributed by atoms with van der Waals surface area (Å²) in [5, 5.41) is 2.86. The van der Waals surface area contributed by atoms with Crippen LogP contribution < -0.4 is 15.8 Å². The second-order valence-electron chi connectivity index (χ2n) is 4.34. The number of benzene rings is 1. The monoisotopic (exact) mass is 280 g/mol. The van der Waals surface area contributed by atoms with Crippen molar-refractivity contribution in [1.82, 2.24) is 5.32 Å². The molecule has 0 bridgehead atoms. The van der Waals surface area contributed by atoms with Crippen molar-refractivity contribution in [1.29, 1.82) is 0 Å². The predicted octanol–water partition coefficient (Wildman–Crippen LogP) is 1.81. The van der Waals surface area contributed by atoms with Gasteiger partial charge in [-0.1, -0.05) is 37.7 Å². The second-order valence-corrected chi connectivity index (χ2v) is 4.81. The lowest BCUT2D eigenvalue weighted by molar-refractivity contribution is -0.120. The van der Waals surface area contributed by atoms with E-state index in [4.69, 9.17) is 22.7 Å². The van der Waals surface area contributed by atoms with Crippen molar-refractivity contribution in [3.05, 3.63) is 29.8 Å². The van der Waals surface area contributed by atoms with Crippen LogP contribution in [-0.4, -0.2) is 24.0 Å². The molecule has 1 rings (SSSR count). The molecule has 0 aliphatic rings. The minimum absolute atomic E-state index is 0.0728. The summed E-state index contributed by atoms with van der Waals surface area (Å²) in [7, 11) is 1.61. The molecule has 0 heterocycles. The van der Waals surface area contributed by atoms with Crippen LogP contribution in [-0.2, 0) is 11.2 Å². The molecule has 0 saturated heterocycles. The molecule has 1 aromatic rings. The third-order valence-corrected chi connectivity index (χ3v) is 3.06. The summed E-state index contributed by atoms with van der Waals surface area (Å²) in [4.78, 5) is 12.2. The second kappa shape index (κ2) is 7.74. The van der Waals surface area contributed by atoms with Gasteiger partial charge in [0.1, 0.15) is 5.75 Å². The average molecular weight is 280 g/mol. The Labute approximate surface area is 119 Å². The Morgan fingerprint density at radius 3 is 2.53 bits per heavy atom. The van der Waals surface area contributed by atoms with Gasteiger partial charge >= 0.3 is 0 Å². The number of methoxy groups -OCH3 is 1. The van der Waals surface area contributed by atoms with Gasteiger partial charge in [0.25, 0.3) is 0 Å². The average Bonchev–Trinajstić information content (AvgIpc) is 2.39. The van der Waals surface area contributed by atoms with Crippen LogP contribution in [0.5, 0.6) is 5.75 Å². The van der Waals surface area contributed by atoms with Crippen molar-refractivity contribution in [3.63, 3.8) is 0 Å². The van der Waals surface area contributed by atoms with E-state index in [2.05, 4.69) is 5.32 Å². The summed E-state index contributed by atoms with van der Waals surface area (Å²) in [5.41, 5.74) is 6.53. The largest absolute Gasteiger partial charge is 0.497 e. The maximum Gasteiger partial charge on any atom is 0.224 e. The van der Waals surface area contributed by atoms with E-state index in [9.17, 15) is 4.79 Å². The molecular formula is C14H20N2O2S. The van der Waals surface area contributed by atoms with Crippen LogP contribution >= 0.6 is 12.2 Å². The molecule has 19 heavy (non-hydrogen) atoms. The van der Waals surface area contributed by atoms with Crippen molar-refractivity contribution in [2.45, 2.75) is 32.2 Å². The lowest BCUT2D eigenvalue weighted by Crippen LogP contribution is -2.43. The SMILES string of the molecule is CCCC(NC(=O)Cc1ccc(OC)cc1)C(N)=S. The lowest BCUT2D eigenvalue weighted by Gasteiger charge is -2.16. The Hall–Kier alpha value is -1.62. The Morgan fingerprint density at radius 2 is 2.05 bits per heavy atom. The zero-order valence-electron chi connectivity index (χ0n) is 11.3. The Bertz CT molecular complexity index is 432. The number of ether oxygens (including phenoxy) is 1. The fourth-order valence-corrected chi connectivity index (χ4v) is 1.93. The Balaban J connectivity index is 2.55. The van der Waals surface area contributed by atoms with Crippen LogP contribution in [0, 0.1) is 0 Å². The highest BCUT2D eigenvalue weighted by Gasteiger charge is 2.14. The van der Waals surface area contributed by atoms with E-state index in [1.54, 1.807) is 7.11 Å². The van der Waals surface area contributed by atoms with Gasteiger partial charge in [0, 0.05) is 0 Å². The molecule has 1 unspecified atom stereocenters. The first-order valence-corrected chi connectivity index (χ1v) is 6.69. The van der Waals surface area contributed by atoms with Crippen molar-refractivity contribution < 1.29 is 9.53 Å². The standard InChI is InChI=1S/C14H20N2O2S/c1-3-4-12(14(15)19)16-13(17)9-10-5-7-11(18-2)8-6-10/h5-8,12H,3-4,9H2,1-2H3,(H2,15,19)(H,16,17). The fraction of sp³-hybridized carbons (Fsp3) is 0.429. The number of hydrogen-bond donors (Lipinski definition) is 2. The van der Waals surface area contributed by atoms with Crippen LogP contribution in [0.2, 0.25) is 0 Å². The van der Waals surface area contributed by atoms with Gasteiger partial charge in [-0.15, -0.1) is 0 Å². The van der Waals surface area contributed by atoms with Gasteiger partial charge in [0.15, 0.2) is 0 Å². The minimum Gasteiger partial charge on any atom is -0.497 e. The molecule has 0 aliphatic carbocycles. The summed E-state index contributed by atoms with van der Waals surface area (Å²) in [6.45, 7) is 2.03. The number of hydrogen-bond acceptors (Lipinski definition) is 3. The van der Waals surface area contributed by atoms with E-state index in [-0.39, 0.29) is 11.9 Å². The smallest absolute Gasteiger partial charge is 0.224 e. The summed E-state index contributed by atoms with van der Waals surface area (Å²) in [6, 6.07) is 7.19. The van der Waals surface area contributed by atoms with E-state index in [1.165, 1.54) is 0 Å². The molecular weight excluding hydrogens is 260 g/mol. The summed E-state index contributed by atoms with van der Waals surface area (Å²) in [6.07, 6.45) is 2.00. The predicted molar refractivity (Wildman–Crippen MR) is 80.3 cm³/mol. The van der Waals surface area contributed by atoms with E-state index < -0.39 is 0 Å². The van der Waals surface area contributed by atoms with Gasteiger partial charge in [0.05, 0.1) is 24.6 Å². The molecule has 0 aromatic heterocycles. The van der Waals surface area contributed by atoms with Gasteiger partial charge in [0.2, 0.25) is 5.91 Å². The minimum atomic E-state index is -0.217. The normalized spacial score (nSPS) is 11.7. The number of nitrogens with two attached hydrogens (primary N) is 1. The van der Waals surface area contributed by atoms with Crippen molar-refractivity contribution >= 4 is 23.1 Å². The molecule has 1 atom stereocenters. The Kier molecular flexibility index (Phi) is 6.29. The lowest BCUT2D eigenvalue weighted by atomic mass is 10.1. The molecule has 104 valence electrons. The highest BCUT2D eigenvalue weighted by molar-refractivity contribution is 7.80. The highest BCUT2D eigenvalue weighted by Crippen LogP contribution is 2.11. The van der Waals surface area contributed by atoms with Crippen LogP contribution in [0.3, 0.4) is 0 Å². The number of carbonyl (C=O) groups is 1. The van der Waals surface area contributed by atoms with E-state index >= 15 is 0 Å². The number of amides is 1. The van der Waals surface area contributed by atoms with Crippen molar-refractivity contribution in [2.24, 2.45) is 5.73 Å². The van der Waals surface area contributed by atoms with Crippen LogP contribution in [0.1, 0.15) is 25.3 Å². The molecule has 0 fully saturated rings. The molecule has 1 aromatic carbocycles. The third kappa shape index (κ3) is 5.26. The summed E-state index contributed by atoms with van der Waals surface area (Å²) in [5.74, 6) is 0.701.